The molecule has 5 heteroatoms. The number of hydrogen-bond donors (Lipinski definition) is 0. The Bertz CT molecular complexity index is 542. The third-order valence-corrected chi connectivity index (χ3v) is 5.55. The molecule has 23 heavy (non-hydrogen) atoms. The van der Waals surface area contributed by atoms with Crippen LogP contribution in [0.2, 0.25) is 10.0 Å². The van der Waals surface area contributed by atoms with Crippen LogP contribution in [0.3, 0.4) is 0 Å². The van der Waals surface area contributed by atoms with Gasteiger partial charge in [0.05, 0.1) is 10.0 Å². The summed E-state index contributed by atoms with van der Waals surface area (Å²) in [7, 11) is 1.90. The smallest absolute Gasteiger partial charge is 0.219 e. The highest BCUT2D eigenvalue weighted by Gasteiger charge is 2.23. The minimum atomic E-state index is 0.154. The van der Waals surface area contributed by atoms with Crippen LogP contribution in [0.1, 0.15) is 37.7 Å². The van der Waals surface area contributed by atoms with Crippen molar-refractivity contribution in [3.63, 3.8) is 0 Å². The van der Waals surface area contributed by atoms with E-state index in [1.165, 1.54) is 0 Å². The van der Waals surface area contributed by atoms with Crippen molar-refractivity contribution in [2.24, 2.45) is 0 Å². The maximum absolute atomic E-state index is 11.4. The summed E-state index contributed by atoms with van der Waals surface area (Å²) in [5, 5.41) is 1.17. The van der Waals surface area contributed by atoms with E-state index in [1.807, 2.05) is 30.1 Å². The minimum absolute atomic E-state index is 0.154. The molecule has 1 aromatic carbocycles. The zero-order valence-electron chi connectivity index (χ0n) is 13.9. The number of piperidine rings is 1. The van der Waals surface area contributed by atoms with Crippen LogP contribution >= 0.6 is 23.2 Å². The predicted molar refractivity (Wildman–Crippen MR) is 97.1 cm³/mol. The molecule has 2 rings (SSSR count). The molecule has 1 unspecified atom stereocenters. The van der Waals surface area contributed by atoms with Gasteiger partial charge in [-0.25, -0.2) is 0 Å². The summed E-state index contributed by atoms with van der Waals surface area (Å²) < 4.78 is 0. The molecule has 1 radical (unpaired) electrons. The number of hydrogen-bond acceptors (Lipinski definition) is 2. The lowest BCUT2D eigenvalue weighted by molar-refractivity contribution is -0.130. The fourth-order valence-corrected chi connectivity index (χ4v) is 3.37. The Kier molecular flexibility index (Phi) is 6.75. The molecule has 0 aliphatic carbocycles. The number of halogens is 2. The number of carbonyl (C=O) groups is 1. The van der Waals surface area contributed by atoms with E-state index < -0.39 is 0 Å². The van der Waals surface area contributed by atoms with Crippen LogP contribution < -0.4 is 0 Å². The normalized spacial score (nSPS) is 18.0. The van der Waals surface area contributed by atoms with E-state index in [9.17, 15) is 4.79 Å². The molecule has 1 atom stereocenters. The minimum Gasteiger partial charge on any atom is -0.343 e. The monoisotopic (exact) mass is 355 g/mol. The standard InChI is InChI=1S/C18H25Cl2N2O/c1-13(15-4-5-17(19)18(20)12-15)6-9-22-10-7-16(8-11-22)21(3)14(2)23/h4-5,12-13,16H,1,6-11H2,2-3H3. The first-order valence-electron chi connectivity index (χ1n) is 8.12. The van der Waals surface area contributed by atoms with Crippen molar-refractivity contribution in [3.8, 4) is 0 Å². The van der Waals surface area contributed by atoms with Gasteiger partial charge >= 0.3 is 0 Å². The topological polar surface area (TPSA) is 23.6 Å². The second-order valence-electron chi connectivity index (χ2n) is 6.36. The van der Waals surface area contributed by atoms with Gasteiger partial charge < -0.3 is 9.80 Å². The van der Waals surface area contributed by atoms with Crippen molar-refractivity contribution in [1.29, 1.82) is 0 Å². The van der Waals surface area contributed by atoms with E-state index in [1.54, 1.807) is 6.92 Å². The van der Waals surface area contributed by atoms with Crippen molar-refractivity contribution < 1.29 is 4.79 Å². The lowest BCUT2D eigenvalue weighted by Crippen LogP contribution is -2.45. The second-order valence-corrected chi connectivity index (χ2v) is 7.18. The van der Waals surface area contributed by atoms with Gasteiger partial charge in [0.2, 0.25) is 5.91 Å². The Morgan fingerprint density at radius 1 is 1.35 bits per heavy atom. The molecular weight excluding hydrogens is 331 g/mol. The van der Waals surface area contributed by atoms with Crippen molar-refractivity contribution >= 4 is 29.1 Å². The summed E-state index contributed by atoms with van der Waals surface area (Å²) in [4.78, 5) is 15.8. The van der Waals surface area contributed by atoms with Crippen molar-refractivity contribution in [3.05, 3.63) is 40.7 Å². The number of benzene rings is 1. The molecule has 3 nitrogen and oxygen atoms in total. The maximum atomic E-state index is 11.4. The molecule has 1 saturated heterocycles. The average Bonchev–Trinajstić information content (AvgIpc) is 2.54. The highest BCUT2D eigenvalue weighted by atomic mass is 35.5. The van der Waals surface area contributed by atoms with Gasteiger partial charge in [-0.15, -0.1) is 0 Å². The molecule has 0 bridgehead atoms. The summed E-state index contributed by atoms with van der Waals surface area (Å²) in [5.74, 6) is 0.364. The van der Waals surface area contributed by atoms with Crippen LogP contribution in [0.4, 0.5) is 0 Å². The summed E-state index contributed by atoms with van der Waals surface area (Å²) >= 11 is 12.0. The van der Waals surface area contributed by atoms with E-state index in [2.05, 4.69) is 11.8 Å². The van der Waals surface area contributed by atoms with Crippen molar-refractivity contribution in [2.45, 2.75) is 38.1 Å². The van der Waals surface area contributed by atoms with E-state index in [0.717, 1.165) is 44.5 Å². The van der Waals surface area contributed by atoms with E-state index in [-0.39, 0.29) is 11.8 Å². The highest BCUT2D eigenvalue weighted by molar-refractivity contribution is 6.42. The Morgan fingerprint density at radius 2 is 2.00 bits per heavy atom. The lowest BCUT2D eigenvalue weighted by atomic mass is 9.96. The first kappa shape index (κ1) is 18.6. The Hall–Kier alpha value is -0.770. The van der Waals surface area contributed by atoms with Crippen LogP contribution in [0.15, 0.2) is 18.2 Å². The molecule has 0 aromatic heterocycles. The number of amides is 1. The summed E-state index contributed by atoms with van der Waals surface area (Å²) in [6, 6.07) is 6.13. The number of likely N-dealkylation sites (tertiary alicyclic amines) is 1. The van der Waals surface area contributed by atoms with E-state index in [4.69, 9.17) is 23.2 Å². The zero-order chi connectivity index (χ0) is 17.0. The summed E-state index contributed by atoms with van der Waals surface area (Å²) in [6.45, 7) is 8.98. The molecule has 0 N–H and O–H groups in total. The summed E-state index contributed by atoms with van der Waals surface area (Å²) in [5.41, 5.74) is 1.13. The van der Waals surface area contributed by atoms with Gasteiger partial charge in [0.25, 0.3) is 0 Å². The largest absolute Gasteiger partial charge is 0.343 e. The molecule has 1 fully saturated rings. The van der Waals surface area contributed by atoms with E-state index >= 15 is 0 Å². The fraction of sp³-hybridized carbons (Fsp3) is 0.556. The average molecular weight is 356 g/mol. The summed E-state index contributed by atoms with van der Waals surface area (Å²) in [6.07, 6.45) is 3.08. The lowest BCUT2D eigenvalue weighted by Gasteiger charge is -2.36. The molecule has 1 aliphatic rings. The predicted octanol–water partition coefficient (Wildman–Crippen LogP) is 4.24. The Balaban J connectivity index is 1.78. The molecule has 127 valence electrons. The first-order valence-corrected chi connectivity index (χ1v) is 8.88. The quantitative estimate of drug-likeness (QED) is 0.788. The van der Waals surface area contributed by atoms with Crippen LogP contribution in [0, 0.1) is 6.92 Å². The number of carbonyl (C=O) groups excluding carboxylic acids is 1. The second kappa shape index (κ2) is 8.36. The van der Waals surface area contributed by atoms with Crippen LogP contribution in [-0.2, 0) is 4.79 Å². The maximum Gasteiger partial charge on any atom is 0.219 e. The first-order chi connectivity index (χ1) is 10.9. The molecular formula is C18H25Cl2N2O. The van der Waals surface area contributed by atoms with Crippen LogP contribution in [0.25, 0.3) is 0 Å². The van der Waals surface area contributed by atoms with Gasteiger partial charge in [0, 0.05) is 33.1 Å². The molecule has 0 saturated carbocycles. The highest BCUT2D eigenvalue weighted by Crippen LogP contribution is 2.28. The van der Waals surface area contributed by atoms with Gasteiger partial charge in [0.15, 0.2) is 0 Å². The van der Waals surface area contributed by atoms with Gasteiger partial charge in [-0.2, -0.15) is 0 Å². The Morgan fingerprint density at radius 3 is 2.57 bits per heavy atom. The van der Waals surface area contributed by atoms with Gasteiger partial charge in [-0.05, 0) is 56.3 Å². The molecule has 0 spiro atoms. The van der Waals surface area contributed by atoms with E-state index in [0.29, 0.717) is 16.1 Å². The molecule has 1 aromatic rings. The fourth-order valence-electron chi connectivity index (χ4n) is 3.06. The van der Waals surface area contributed by atoms with Gasteiger partial charge in [0.1, 0.15) is 0 Å². The van der Waals surface area contributed by atoms with Crippen molar-refractivity contribution in [1.82, 2.24) is 9.80 Å². The SMILES string of the molecule is [CH2]C(CCN1CCC(N(C)C(C)=O)CC1)c1ccc(Cl)c(Cl)c1. The molecule has 1 heterocycles. The Labute approximate surface area is 149 Å². The third-order valence-electron chi connectivity index (χ3n) is 4.81. The van der Waals surface area contributed by atoms with Crippen molar-refractivity contribution in [2.75, 3.05) is 26.7 Å². The van der Waals surface area contributed by atoms with Gasteiger partial charge in [-0.1, -0.05) is 29.3 Å². The molecule has 1 aliphatic heterocycles. The van der Waals surface area contributed by atoms with Gasteiger partial charge in [-0.3, -0.25) is 4.79 Å². The van der Waals surface area contributed by atoms with Crippen LogP contribution in [0.5, 0.6) is 0 Å². The zero-order valence-corrected chi connectivity index (χ0v) is 15.4. The third kappa shape index (κ3) is 5.10. The van der Waals surface area contributed by atoms with Crippen LogP contribution in [-0.4, -0.2) is 48.4 Å². The molecule has 1 amide bonds. The number of nitrogens with zero attached hydrogens (tertiary/aromatic N) is 2. The number of rotatable bonds is 5.